The number of nitrogens with two attached hydrogens (primary N) is 2. The van der Waals surface area contributed by atoms with Gasteiger partial charge >= 0.3 is 0 Å². The van der Waals surface area contributed by atoms with E-state index in [2.05, 4.69) is 0 Å². The molecule has 0 radical (unpaired) electrons. The van der Waals surface area contributed by atoms with Gasteiger partial charge in [0.25, 0.3) is 5.91 Å². The molecule has 0 aliphatic rings. The number of nitrogen functional groups attached to an aromatic ring is 1. The van der Waals surface area contributed by atoms with Crippen molar-refractivity contribution < 1.29 is 9.59 Å². The molecule has 0 saturated heterocycles. The van der Waals surface area contributed by atoms with Crippen LogP contribution < -0.4 is 11.5 Å². The molecule has 0 bridgehead atoms. The van der Waals surface area contributed by atoms with Crippen molar-refractivity contribution in [2.75, 3.05) is 5.73 Å². The minimum Gasteiger partial charge on any atom is -0.390 e. The molecule has 5 heteroatoms. The molecule has 2 aromatic rings. The summed E-state index contributed by atoms with van der Waals surface area (Å²) in [5.41, 5.74) is 12.6. The zero-order valence-electron chi connectivity index (χ0n) is 9.77. The monoisotopic (exact) mass is 260 g/mol. The van der Waals surface area contributed by atoms with Crippen molar-refractivity contribution in [1.29, 1.82) is 0 Å². The van der Waals surface area contributed by atoms with Crippen LogP contribution in [0.4, 0.5) is 5.00 Å². The predicted molar refractivity (Wildman–Crippen MR) is 72.7 cm³/mol. The molecule has 1 aromatic heterocycles. The van der Waals surface area contributed by atoms with Crippen LogP contribution in [0.25, 0.3) is 10.4 Å². The number of ketones is 1. The van der Waals surface area contributed by atoms with Crippen LogP contribution in [0.3, 0.4) is 0 Å². The van der Waals surface area contributed by atoms with Gasteiger partial charge in [-0.25, -0.2) is 0 Å². The summed E-state index contributed by atoms with van der Waals surface area (Å²) in [6.45, 7) is 1.50. The number of Topliss-reactive ketones (excluding diaryl/α,β-unsaturated/α-hetero) is 1. The fraction of sp³-hybridized carbons (Fsp3) is 0.0769. The summed E-state index contributed by atoms with van der Waals surface area (Å²) >= 11 is 1.25. The number of carbonyl (C=O) groups is 2. The fourth-order valence-electron chi connectivity index (χ4n) is 1.74. The van der Waals surface area contributed by atoms with Gasteiger partial charge in [0.1, 0.15) is 0 Å². The molecule has 4 nitrogen and oxygen atoms in total. The Hall–Kier alpha value is -2.14. The van der Waals surface area contributed by atoms with Crippen molar-refractivity contribution in [3.05, 3.63) is 41.5 Å². The first-order valence-electron chi connectivity index (χ1n) is 5.30. The molecule has 4 N–H and O–H groups in total. The summed E-state index contributed by atoms with van der Waals surface area (Å²) in [6, 6.07) is 8.84. The fourth-order valence-corrected chi connectivity index (χ4v) is 2.71. The standard InChI is InChI=1S/C13H12N2O2S/c1-7(16)8-4-2-3-5-9(8)11-6-10(12(14)17)13(15)18-11/h2-6H,15H2,1H3,(H2,14,17). The molecular formula is C13H12N2O2S. The molecule has 1 aromatic carbocycles. The van der Waals surface area contributed by atoms with Gasteiger partial charge in [-0.2, -0.15) is 0 Å². The molecule has 0 atom stereocenters. The summed E-state index contributed by atoms with van der Waals surface area (Å²) < 4.78 is 0. The van der Waals surface area contributed by atoms with Crippen LogP contribution in [-0.2, 0) is 0 Å². The highest BCUT2D eigenvalue weighted by Gasteiger charge is 2.15. The van der Waals surface area contributed by atoms with E-state index >= 15 is 0 Å². The van der Waals surface area contributed by atoms with E-state index in [1.165, 1.54) is 18.3 Å². The van der Waals surface area contributed by atoms with Crippen molar-refractivity contribution in [2.24, 2.45) is 5.73 Å². The van der Waals surface area contributed by atoms with Crippen LogP contribution in [0, 0.1) is 0 Å². The van der Waals surface area contributed by atoms with E-state index in [1.807, 2.05) is 12.1 Å². The number of rotatable bonds is 3. The predicted octanol–water partition coefficient (Wildman–Crippen LogP) is 2.30. The van der Waals surface area contributed by atoms with Crippen molar-refractivity contribution in [3.63, 3.8) is 0 Å². The van der Waals surface area contributed by atoms with Crippen LogP contribution in [0.2, 0.25) is 0 Å². The van der Waals surface area contributed by atoms with Gasteiger partial charge in [-0.3, -0.25) is 9.59 Å². The maximum absolute atomic E-state index is 11.5. The highest BCUT2D eigenvalue weighted by Crippen LogP contribution is 2.35. The van der Waals surface area contributed by atoms with Crippen LogP contribution >= 0.6 is 11.3 Å². The van der Waals surface area contributed by atoms with Gasteiger partial charge in [0, 0.05) is 16.0 Å². The summed E-state index contributed by atoms with van der Waals surface area (Å²) in [6.07, 6.45) is 0. The molecule has 18 heavy (non-hydrogen) atoms. The number of carbonyl (C=O) groups excluding carboxylic acids is 2. The average molecular weight is 260 g/mol. The lowest BCUT2D eigenvalue weighted by atomic mass is 10.0. The van der Waals surface area contributed by atoms with Crippen LogP contribution in [0.1, 0.15) is 27.6 Å². The molecule has 92 valence electrons. The molecule has 0 saturated carbocycles. The lowest BCUT2D eigenvalue weighted by Gasteiger charge is -2.03. The Labute approximate surface area is 108 Å². The van der Waals surface area contributed by atoms with Gasteiger partial charge in [-0.05, 0) is 13.0 Å². The molecule has 0 aliphatic heterocycles. The summed E-state index contributed by atoms with van der Waals surface area (Å²) in [5.74, 6) is -0.589. The van der Waals surface area contributed by atoms with Crippen LogP contribution in [-0.4, -0.2) is 11.7 Å². The Morgan fingerprint density at radius 2 is 1.83 bits per heavy atom. The van der Waals surface area contributed by atoms with Crippen molar-refractivity contribution in [3.8, 4) is 10.4 Å². The van der Waals surface area contributed by atoms with Gasteiger partial charge in [-0.1, -0.05) is 24.3 Å². The Kier molecular flexibility index (Phi) is 3.16. The highest BCUT2D eigenvalue weighted by atomic mass is 32.1. The number of hydrogen-bond donors (Lipinski definition) is 2. The number of anilines is 1. The van der Waals surface area contributed by atoms with E-state index in [1.54, 1.807) is 18.2 Å². The Bertz CT molecular complexity index is 632. The molecule has 0 fully saturated rings. The third-order valence-corrected chi connectivity index (χ3v) is 3.60. The lowest BCUT2D eigenvalue weighted by Crippen LogP contribution is -2.11. The second-order valence-corrected chi connectivity index (χ2v) is 4.94. The van der Waals surface area contributed by atoms with Gasteiger partial charge in [0.2, 0.25) is 0 Å². The second kappa shape index (κ2) is 4.62. The normalized spacial score (nSPS) is 10.3. The number of hydrogen-bond acceptors (Lipinski definition) is 4. The van der Waals surface area contributed by atoms with Crippen LogP contribution in [0.5, 0.6) is 0 Å². The highest BCUT2D eigenvalue weighted by molar-refractivity contribution is 7.19. The van der Waals surface area contributed by atoms with E-state index in [-0.39, 0.29) is 5.78 Å². The van der Waals surface area contributed by atoms with Gasteiger partial charge in [0.05, 0.1) is 10.6 Å². The summed E-state index contributed by atoms with van der Waals surface area (Å²) in [7, 11) is 0. The maximum Gasteiger partial charge on any atom is 0.251 e. The van der Waals surface area contributed by atoms with Crippen molar-refractivity contribution >= 4 is 28.0 Å². The minimum absolute atomic E-state index is 0.0294. The van der Waals surface area contributed by atoms with E-state index in [9.17, 15) is 9.59 Å². The SMILES string of the molecule is CC(=O)c1ccccc1-c1cc(C(N)=O)c(N)s1. The lowest BCUT2D eigenvalue weighted by molar-refractivity contribution is 0.0997. The molecule has 0 unspecified atom stereocenters. The Morgan fingerprint density at radius 1 is 1.17 bits per heavy atom. The van der Waals surface area contributed by atoms with E-state index in [4.69, 9.17) is 11.5 Å². The maximum atomic E-state index is 11.5. The molecule has 1 amide bonds. The average Bonchev–Trinajstić information content (AvgIpc) is 2.71. The quantitative estimate of drug-likeness (QED) is 0.830. The second-order valence-electron chi connectivity index (χ2n) is 3.85. The minimum atomic E-state index is -0.560. The van der Waals surface area contributed by atoms with Gasteiger partial charge < -0.3 is 11.5 Å². The third-order valence-electron chi connectivity index (χ3n) is 2.60. The van der Waals surface area contributed by atoms with E-state index in [0.717, 1.165) is 10.4 Å². The number of amides is 1. The zero-order valence-corrected chi connectivity index (χ0v) is 10.6. The first kappa shape index (κ1) is 12.3. The van der Waals surface area contributed by atoms with Crippen molar-refractivity contribution in [2.45, 2.75) is 6.92 Å². The largest absolute Gasteiger partial charge is 0.390 e. The smallest absolute Gasteiger partial charge is 0.251 e. The Balaban J connectivity index is 2.59. The molecule has 2 rings (SSSR count). The number of primary amides is 1. The Morgan fingerprint density at radius 3 is 2.39 bits per heavy atom. The molecule has 0 spiro atoms. The van der Waals surface area contributed by atoms with E-state index < -0.39 is 5.91 Å². The summed E-state index contributed by atoms with van der Waals surface area (Å²) in [5, 5.41) is 0.371. The first-order chi connectivity index (χ1) is 8.50. The van der Waals surface area contributed by atoms with Gasteiger partial charge in [-0.15, -0.1) is 11.3 Å². The zero-order chi connectivity index (χ0) is 13.3. The third kappa shape index (κ3) is 2.12. The number of benzene rings is 1. The molecule has 0 aliphatic carbocycles. The topological polar surface area (TPSA) is 86.2 Å². The molecular weight excluding hydrogens is 248 g/mol. The molecule has 1 heterocycles. The number of thiophene rings is 1. The van der Waals surface area contributed by atoms with Crippen molar-refractivity contribution in [1.82, 2.24) is 0 Å². The first-order valence-corrected chi connectivity index (χ1v) is 6.12. The summed E-state index contributed by atoms with van der Waals surface area (Å²) in [4.78, 5) is 23.5. The van der Waals surface area contributed by atoms with E-state index in [0.29, 0.717) is 16.1 Å². The van der Waals surface area contributed by atoms with Crippen LogP contribution in [0.15, 0.2) is 30.3 Å². The van der Waals surface area contributed by atoms with Gasteiger partial charge in [0.15, 0.2) is 5.78 Å².